The standard InChI is InChI=1S/C21H36ClN3O2/c1-24(2)11-7-10-23-15-18-14-19(22)8-9-21(18)27-17-20(26)16-25-12-5-3-4-6-13-25/h8-9,14,20,23,26H,3-7,10-13,15-17H2,1-2H3. The SMILES string of the molecule is CN(C)CCCNCc1cc(Cl)ccc1OCC(O)CN1CCCCCC1. The Morgan fingerprint density at radius 1 is 1.22 bits per heavy atom. The zero-order valence-electron chi connectivity index (χ0n) is 16.9. The van der Waals surface area contributed by atoms with Crippen LogP contribution in [-0.2, 0) is 6.54 Å². The molecule has 1 heterocycles. The fourth-order valence-electron chi connectivity index (χ4n) is 3.43. The highest BCUT2D eigenvalue weighted by molar-refractivity contribution is 6.30. The number of β-amino-alcohol motifs (C(OH)–C–C–N with tert-alkyl or cyclic N) is 1. The largest absolute Gasteiger partial charge is 0.491 e. The number of hydrogen-bond donors (Lipinski definition) is 2. The second-order valence-corrected chi connectivity index (χ2v) is 8.20. The van der Waals surface area contributed by atoms with Gasteiger partial charge in [0.05, 0.1) is 0 Å². The molecule has 0 saturated carbocycles. The maximum atomic E-state index is 10.4. The van der Waals surface area contributed by atoms with Gasteiger partial charge in [-0.1, -0.05) is 24.4 Å². The van der Waals surface area contributed by atoms with Crippen LogP contribution in [0.2, 0.25) is 5.02 Å². The lowest BCUT2D eigenvalue weighted by Crippen LogP contribution is -2.36. The van der Waals surface area contributed by atoms with Gasteiger partial charge in [0.25, 0.3) is 0 Å². The lowest BCUT2D eigenvalue weighted by atomic mass is 10.2. The summed E-state index contributed by atoms with van der Waals surface area (Å²) in [7, 11) is 4.17. The van der Waals surface area contributed by atoms with Crippen LogP contribution < -0.4 is 10.1 Å². The predicted octanol–water partition coefficient (Wildman–Crippen LogP) is 3.00. The molecule has 0 aliphatic carbocycles. The minimum absolute atomic E-state index is 0.311. The summed E-state index contributed by atoms with van der Waals surface area (Å²) >= 11 is 6.16. The number of rotatable bonds is 11. The number of benzene rings is 1. The Bertz CT molecular complexity index is 534. The van der Waals surface area contributed by atoms with Gasteiger partial charge < -0.3 is 25.0 Å². The van der Waals surface area contributed by atoms with E-state index >= 15 is 0 Å². The summed E-state index contributed by atoms with van der Waals surface area (Å²) in [6.07, 6.45) is 5.69. The van der Waals surface area contributed by atoms with Crippen molar-refractivity contribution in [3.63, 3.8) is 0 Å². The maximum absolute atomic E-state index is 10.4. The van der Waals surface area contributed by atoms with E-state index in [2.05, 4.69) is 29.2 Å². The normalized spacial score (nSPS) is 17.1. The average Bonchev–Trinajstić information content (AvgIpc) is 2.89. The molecule has 5 nitrogen and oxygen atoms in total. The molecule has 1 aromatic carbocycles. The number of nitrogens with zero attached hydrogens (tertiary/aromatic N) is 2. The molecule has 1 atom stereocenters. The molecule has 6 heteroatoms. The van der Waals surface area contributed by atoms with Crippen LogP contribution >= 0.6 is 11.6 Å². The van der Waals surface area contributed by atoms with Crippen molar-refractivity contribution in [1.82, 2.24) is 15.1 Å². The van der Waals surface area contributed by atoms with Crippen LogP contribution in [0.4, 0.5) is 0 Å². The van der Waals surface area contributed by atoms with E-state index in [1.165, 1.54) is 25.7 Å². The highest BCUT2D eigenvalue weighted by atomic mass is 35.5. The fourth-order valence-corrected chi connectivity index (χ4v) is 3.62. The third-order valence-corrected chi connectivity index (χ3v) is 5.13. The molecule has 1 aliphatic rings. The second kappa shape index (κ2) is 12.6. The van der Waals surface area contributed by atoms with Crippen LogP contribution in [-0.4, -0.2) is 74.4 Å². The van der Waals surface area contributed by atoms with Crippen LogP contribution in [0, 0.1) is 0 Å². The van der Waals surface area contributed by atoms with Gasteiger partial charge in [-0.2, -0.15) is 0 Å². The number of aliphatic hydroxyl groups is 1. The Morgan fingerprint density at radius 2 is 1.96 bits per heavy atom. The third kappa shape index (κ3) is 9.26. The van der Waals surface area contributed by atoms with Gasteiger partial charge >= 0.3 is 0 Å². The van der Waals surface area contributed by atoms with Crippen molar-refractivity contribution in [2.45, 2.75) is 44.8 Å². The van der Waals surface area contributed by atoms with Crippen molar-refractivity contribution >= 4 is 11.6 Å². The number of likely N-dealkylation sites (tertiary alicyclic amines) is 1. The Morgan fingerprint density at radius 3 is 2.67 bits per heavy atom. The van der Waals surface area contributed by atoms with Gasteiger partial charge in [0, 0.05) is 23.7 Å². The van der Waals surface area contributed by atoms with Crippen LogP contribution in [0.3, 0.4) is 0 Å². The first kappa shape index (κ1) is 22.4. The maximum Gasteiger partial charge on any atom is 0.124 e. The molecule has 2 N–H and O–H groups in total. The number of hydrogen-bond acceptors (Lipinski definition) is 5. The quantitative estimate of drug-likeness (QED) is 0.562. The third-order valence-electron chi connectivity index (χ3n) is 4.90. The highest BCUT2D eigenvalue weighted by Crippen LogP contribution is 2.23. The molecular formula is C21H36ClN3O2. The summed E-state index contributed by atoms with van der Waals surface area (Å²) in [4.78, 5) is 4.54. The first-order chi connectivity index (χ1) is 13.0. The lowest BCUT2D eigenvalue weighted by Gasteiger charge is -2.23. The molecular weight excluding hydrogens is 362 g/mol. The summed E-state index contributed by atoms with van der Waals surface area (Å²) in [6.45, 7) is 5.89. The number of aliphatic hydroxyl groups excluding tert-OH is 1. The van der Waals surface area contributed by atoms with Crippen molar-refractivity contribution in [3.8, 4) is 5.75 Å². The van der Waals surface area contributed by atoms with E-state index in [-0.39, 0.29) is 0 Å². The van der Waals surface area contributed by atoms with Crippen molar-refractivity contribution in [2.24, 2.45) is 0 Å². The summed E-state index contributed by atoms with van der Waals surface area (Å²) in [6, 6.07) is 5.68. The van der Waals surface area contributed by atoms with E-state index in [1.54, 1.807) is 0 Å². The topological polar surface area (TPSA) is 48.0 Å². The fraction of sp³-hybridized carbons (Fsp3) is 0.714. The monoisotopic (exact) mass is 397 g/mol. The molecule has 2 rings (SSSR count). The van der Waals surface area contributed by atoms with Gasteiger partial charge in [0.15, 0.2) is 0 Å². The van der Waals surface area contributed by atoms with Crippen molar-refractivity contribution < 1.29 is 9.84 Å². The molecule has 0 amide bonds. The smallest absolute Gasteiger partial charge is 0.124 e. The minimum Gasteiger partial charge on any atom is -0.491 e. The van der Waals surface area contributed by atoms with Crippen LogP contribution in [0.5, 0.6) is 5.75 Å². The number of halogens is 1. The Kier molecular flexibility index (Phi) is 10.5. The van der Waals surface area contributed by atoms with E-state index in [0.717, 1.165) is 43.9 Å². The minimum atomic E-state index is -0.473. The molecule has 154 valence electrons. The van der Waals surface area contributed by atoms with E-state index in [1.807, 2.05) is 18.2 Å². The van der Waals surface area contributed by atoms with Crippen molar-refractivity contribution in [3.05, 3.63) is 28.8 Å². The van der Waals surface area contributed by atoms with Gasteiger partial charge in [-0.3, -0.25) is 0 Å². The number of ether oxygens (including phenoxy) is 1. The molecule has 1 saturated heterocycles. The Labute approximate surface area is 169 Å². The van der Waals surface area contributed by atoms with Crippen molar-refractivity contribution in [1.29, 1.82) is 0 Å². The zero-order valence-corrected chi connectivity index (χ0v) is 17.7. The lowest BCUT2D eigenvalue weighted by molar-refractivity contribution is 0.0690. The summed E-state index contributed by atoms with van der Waals surface area (Å²) in [5.41, 5.74) is 1.04. The predicted molar refractivity (Wildman–Crippen MR) is 113 cm³/mol. The van der Waals surface area contributed by atoms with E-state index < -0.39 is 6.10 Å². The Hall–Kier alpha value is -0.850. The van der Waals surface area contributed by atoms with Gasteiger partial charge in [-0.05, 0) is 77.7 Å². The first-order valence-corrected chi connectivity index (χ1v) is 10.6. The molecule has 1 unspecified atom stereocenters. The first-order valence-electron chi connectivity index (χ1n) is 10.2. The van der Waals surface area contributed by atoms with Crippen LogP contribution in [0.15, 0.2) is 18.2 Å². The van der Waals surface area contributed by atoms with Gasteiger partial charge in [0.2, 0.25) is 0 Å². The highest BCUT2D eigenvalue weighted by Gasteiger charge is 2.15. The van der Waals surface area contributed by atoms with E-state index in [9.17, 15) is 5.11 Å². The van der Waals surface area contributed by atoms with Gasteiger partial charge in [-0.15, -0.1) is 0 Å². The van der Waals surface area contributed by atoms with Crippen LogP contribution in [0.1, 0.15) is 37.7 Å². The zero-order chi connectivity index (χ0) is 19.5. The molecule has 1 aromatic rings. The molecule has 27 heavy (non-hydrogen) atoms. The molecule has 1 fully saturated rings. The average molecular weight is 398 g/mol. The number of nitrogens with one attached hydrogen (secondary N) is 1. The van der Waals surface area contributed by atoms with E-state index in [4.69, 9.17) is 16.3 Å². The molecule has 0 bridgehead atoms. The molecule has 0 spiro atoms. The molecule has 0 radical (unpaired) electrons. The van der Waals surface area contributed by atoms with Gasteiger partial charge in [-0.25, -0.2) is 0 Å². The molecule has 0 aromatic heterocycles. The summed E-state index contributed by atoms with van der Waals surface area (Å²) in [5.74, 6) is 0.800. The van der Waals surface area contributed by atoms with E-state index in [0.29, 0.717) is 24.7 Å². The Balaban J connectivity index is 1.78. The van der Waals surface area contributed by atoms with Crippen LogP contribution in [0.25, 0.3) is 0 Å². The summed E-state index contributed by atoms with van der Waals surface area (Å²) in [5, 5.41) is 14.5. The molecule has 1 aliphatic heterocycles. The summed E-state index contributed by atoms with van der Waals surface area (Å²) < 4.78 is 5.94. The second-order valence-electron chi connectivity index (χ2n) is 7.77. The van der Waals surface area contributed by atoms with Crippen molar-refractivity contribution in [2.75, 3.05) is 53.4 Å². The van der Waals surface area contributed by atoms with Gasteiger partial charge in [0.1, 0.15) is 18.5 Å².